The van der Waals surface area contributed by atoms with E-state index in [1.54, 1.807) is 0 Å². The number of fused-ring (bicyclic) bond motifs is 2. The van der Waals surface area contributed by atoms with Gasteiger partial charge in [-0.2, -0.15) is 0 Å². The Morgan fingerprint density at radius 1 is 0.697 bits per heavy atom. The monoisotopic (exact) mass is 456 g/mol. The molecule has 0 atom stereocenters. The van der Waals surface area contributed by atoms with Crippen LogP contribution < -0.4 is 9.47 Å². The molecule has 0 spiro atoms. The van der Waals surface area contributed by atoms with E-state index < -0.39 is 0 Å². The third-order valence-electron chi connectivity index (χ3n) is 5.40. The molecule has 0 aromatic heterocycles. The number of nitrogens with zero attached hydrogens (tertiary/aromatic N) is 2. The van der Waals surface area contributed by atoms with Gasteiger partial charge in [0, 0.05) is 11.2 Å². The van der Waals surface area contributed by atoms with E-state index in [2.05, 4.69) is 46.7 Å². The first-order valence-corrected chi connectivity index (χ1v) is 11.4. The summed E-state index contributed by atoms with van der Waals surface area (Å²) in [5.74, 6) is 0.994. The zero-order chi connectivity index (χ0) is 24.1. The van der Waals surface area contributed by atoms with Crippen LogP contribution >= 0.6 is 0 Å². The molecule has 2 aromatic carbocycles. The van der Waals surface area contributed by atoms with Crippen molar-refractivity contribution in [1.29, 1.82) is 0 Å². The second kappa shape index (κ2) is 10.5. The van der Waals surface area contributed by atoms with E-state index in [-0.39, 0.29) is 10.8 Å². The van der Waals surface area contributed by atoms with Gasteiger partial charge in [-0.25, -0.2) is 0 Å². The fourth-order valence-corrected chi connectivity index (χ4v) is 3.33. The van der Waals surface area contributed by atoms with Crippen LogP contribution in [0, 0.1) is 5.21 Å². The van der Waals surface area contributed by atoms with Gasteiger partial charge in [0.15, 0.2) is 17.2 Å². The Balaban J connectivity index is 2.09. The molecule has 2 aromatic rings. The zero-order valence-electron chi connectivity index (χ0n) is 20.6. The lowest BCUT2D eigenvalue weighted by atomic mass is 9.86. The number of ether oxygens (including phenoxy) is 4. The Kier molecular flexibility index (Phi) is 7.97. The van der Waals surface area contributed by atoms with Gasteiger partial charge in [-0.3, -0.25) is 0 Å². The second-order valence-electron chi connectivity index (χ2n) is 10.2. The Morgan fingerprint density at radius 3 is 1.76 bits per heavy atom. The largest absolute Gasteiger partial charge is 0.594 e. The Morgan fingerprint density at radius 2 is 1.18 bits per heavy atom. The lowest BCUT2D eigenvalue weighted by molar-refractivity contribution is -0.436. The molecule has 0 bridgehead atoms. The fourth-order valence-electron chi connectivity index (χ4n) is 3.33. The summed E-state index contributed by atoms with van der Waals surface area (Å²) in [5, 5.41) is 17.8. The molecule has 0 saturated heterocycles. The van der Waals surface area contributed by atoms with Gasteiger partial charge in [-0.1, -0.05) is 53.7 Å². The van der Waals surface area contributed by atoms with Gasteiger partial charge in [-0.15, -0.1) is 0 Å². The van der Waals surface area contributed by atoms with E-state index in [9.17, 15) is 5.21 Å². The molecule has 0 N–H and O–H groups in total. The van der Waals surface area contributed by atoms with Crippen molar-refractivity contribution in [3.63, 3.8) is 0 Å². The minimum Gasteiger partial charge on any atom is -0.594 e. The molecule has 7 nitrogen and oxygen atoms in total. The predicted molar refractivity (Wildman–Crippen MR) is 128 cm³/mol. The minimum atomic E-state index is -0.130. The van der Waals surface area contributed by atoms with Gasteiger partial charge in [-0.05, 0) is 45.0 Å². The summed E-state index contributed by atoms with van der Waals surface area (Å²) in [4.78, 5) is 0.627. The minimum absolute atomic E-state index is 0.100. The van der Waals surface area contributed by atoms with Crippen LogP contribution in [0.1, 0.15) is 52.7 Å². The van der Waals surface area contributed by atoms with Crippen molar-refractivity contribution < 1.29 is 23.8 Å². The lowest BCUT2D eigenvalue weighted by Gasteiger charge is -2.21. The van der Waals surface area contributed by atoms with Gasteiger partial charge < -0.3 is 24.2 Å². The highest BCUT2D eigenvalue weighted by molar-refractivity contribution is 5.55. The molecule has 180 valence electrons. The average Bonchev–Trinajstić information content (AvgIpc) is 2.73. The van der Waals surface area contributed by atoms with Crippen molar-refractivity contribution in [2.45, 2.75) is 52.4 Å². The van der Waals surface area contributed by atoms with E-state index in [0.29, 0.717) is 67.4 Å². The molecule has 7 heteroatoms. The molecule has 0 unspecified atom stereocenters. The first kappa shape index (κ1) is 25.0. The topological polar surface area (TPSA) is 75.4 Å². The molecule has 0 radical (unpaired) electrons. The molecule has 33 heavy (non-hydrogen) atoms. The van der Waals surface area contributed by atoms with Crippen LogP contribution in [-0.4, -0.2) is 44.5 Å². The van der Waals surface area contributed by atoms with Crippen LogP contribution in [0.25, 0.3) is 0 Å². The lowest BCUT2D eigenvalue weighted by Crippen LogP contribution is -2.15. The quantitative estimate of drug-likeness (QED) is 0.358. The summed E-state index contributed by atoms with van der Waals surface area (Å²) in [6, 6.07) is 11.4. The van der Waals surface area contributed by atoms with Crippen molar-refractivity contribution in [2.24, 2.45) is 5.11 Å². The maximum absolute atomic E-state index is 13.4. The van der Waals surface area contributed by atoms with Crippen molar-refractivity contribution in [1.82, 2.24) is 0 Å². The van der Waals surface area contributed by atoms with Crippen LogP contribution in [0.15, 0.2) is 41.5 Å². The van der Waals surface area contributed by atoms with Crippen molar-refractivity contribution in [3.8, 4) is 11.5 Å². The van der Waals surface area contributed by atoms with Gasteiger partial charge in [0.05, 0.1) is 26.4 Å². The van der Waals surface area contributed by atoms with Crippen molar-refractivity contribution >= 4 is 11.4 Å². The molecule has 0 aliphatic carbocycles. The molecule has 0 fully saturated rings. The summed E-state index contributed by atoms with van der Waals surface area (Å²) >= 11 is 0. The summed E-state index contributed by atoms with van der Waals surface area (Å²) in [7, 11) is 0. The van der Waals surface area contributed by atoms with Crippen LogP contribution in [0.4, 0.5) is 11.4 Å². The first-order chi connectivity index (χ1) is 15.6. The highest BCUT2D eigenvalue weighted by atomic mass is 16.6. The van der Waals surface area contributed by atoms with Gasteiger partial charge in [0.1, 0.15) is 13.2 Å². The Hall–Kier alpha value is -2.64. The van der Waals surface area contributed by atoms with Gasteiger partial charge in [0.2, 0.25) is 0 Å². The molecule has 0 amide bonds. The molecule has 0 saturated carbocycles. The molecule has 1 heterocycles. The maximum atomic E-state index is 13.4. The number of benzene rings is 2. The predicted octanol–water partition coefficient (Wildman–Crippen LogP) is 6.01. The number of hydrogen-bond acceptors (Lipinski definition) is 6. The van der Waals surface area contributed by atoms with Gasteiger partial charge in [0.25, 0.3) is 5.69 Å². The molecule has 1 aliphatic rings. The number of azo groups is 1. The summed E-state index contributed by atoms with van der Waals surface area (Å²) in [5.41, 5.74) is 2.67. The SMILES string of the molecule is CC(C)(C)c1ccc2c(c1)N=[N+]([O-])c1cc(C(C)(C)C)ccc1OCCOCCOCCO2. The molecule has 1 aliphatic heterocycles. The standard InChI is InChI=1S/C26H36N2O5/c1-25(2,3)19-7-9-23-21(17-19)27-28(29)22-18-20(26(4,5)6)8-10-24(22)33-16-14-31-12-11-30-13-15-32-23/h7-10,17-18H,11-16H2,1-6H3. The second-order valence-corrected chi connectivity index (χ2v) is 10.2. The van der Waals surface area contributed by atoms with Crippen molar-refractivity contribution in [3.05, 3.63) is 52.7 Å². The van der Waals surface area contributed by atoms with Gasteiger partial charge >= 0.3 is 0 Å². The van der Waals surface area contributed by atoms with Crippen LogP contribution in [0.2, 0.25) is 0 Å². The third kappa shape index (κ3) is 6.92. The highest BCUT2D eigenvalue weighted by Gasteiger charge is 2.23. The van der Waals surface area contributed by atoms with E-state index in [4.69, 9.17) is 18.9 Å². The molecular weight excluding hydrogens is 420 g/mol. The average molecular weight is 457 g/mol. The molecule has 3 rings (SSSR count). The Bertz CT molecular complexity index is 974. The number of hydrogen-bond donors (Lipinski definition) is 0. The Labute approximate surface area is 196 Å². The smallest absolute Gasteiger partial charge is 0.286 e. The number of rotatable bonds is 0. The summed E-state index contributed by atoms with van der Waals surface area (Å²) < 4.78 is 22.9. The van der Waals surface area contributed by atoms with Crippen LogP contribution in [-0.2, 0) is 20.3 Å². The van der Waals surface area contributed by atoms with Crippen LogP contribution in [0.5, 0.6) is 11.5 Å². The fraction of sp³-hybridized carbons (Fsp3) is 0.538. The third-order valence-corrected chi connectivity index (χ3v) is 5.40. The normalized spacial score (nSPS) is 16.6. The van der Waals surface area contributed by atoms with Crippen molar-refractivity contribution in [2.75, 3.05) is 39.6 Å². The molecular formula is C26H36N2O5. The van der Waals surface area contributed by atoms with E-state index in [1.165, 1.54) is 0 Å². The summed E-state index contributed by atoms with van der Waals surface area (Å²) in [6.45, 7) is 15.1. The highest BCUT2D eigenvalue weighted by Crippen LogP contribution is 2.37. The summed E-state index contributed by atoms with van der Waals surface area (Å²) in [6.07, 6.45) is 0. The van der Waals surface area contributed by atoms with E-state index >= 15 is 0 Å². The maximum Gasteiger partial charge on any atom is 0.286 e. The van der Waals surface area contributed by atoms with Crippen LogP contribution in [0.3, 0.4) is 0 Å². The van der Waals surface area contributed by atoms with E-state index in [0.717, 1.165) is 11.1 Å². The van der Waals surface area contributed by atoms with E-state index in [1.807, 2.05) is 36.4 Å². The zero-order valence-corrected chi connectivity index (χ0v) is 20.6. The first-order valence-electron chi connectivity index (χ1n) is 11.4.